The Morgan fingerprint density at radius 1 is 1.05 bits per heavy atom. The molecular weight excluding hydrogens is 264 g/mol. The van der Waals surface area contributed by atoms with E-state index in [1.165, 1.54) is 27.8 Å². The summed E-state index contributed by atoms with van der Waals surface area (Å²) in [5.41, 5.74) is 7.81. The normalized spacial score (nSPS) is 12.1. The van der Waals surface area contributed by atoms with Crippen LogP contribution in [0.4, 0.5) is 5.13 Å². The molecule has 0 fully saturated rings. The first-order chi connectivity index (χ1) is 9.85. The molecule has 1 aromatic heterocycles. The van der Waals surface area contributed by atoms with Gasteiger partial charge in [-0.3, -0.25) is 0 Å². The minimum absolute atomic E-state index is 0.959. The van der Waals surface area contributed by atoms with Crippen molar-refractivity contribution in [2.24, 2.45) is 0 Å². The maximum Gasteiger partial charge on any atom is 0.182 e. The van der Waals surface area contributed by atoms with Crippen LogP contribution in [0.25, 0.3) is 22.4 Å². The monoisotopic (exact) mass is 278 g/mol. The van der Waals surface area contributed by atoms with Gasteiger partial charge < -0.3 is 5.32 Å². The van der Waals surface area contributed by atoms with Crippen molar-refractivity contribution < 1.29 is 0 Å². The molecule has 20 heavy (non-hydrogen) atoms. The van der Waals surface area contributed by atoms with E-state index in [-0.39, 0.29) is 0 Å². The van der Waals surface area contributed by atoms with Crippen LogP contribution in [-0.4, -0.2) is 12.0 Å². The molecule has 1 N–H and O–H groups in total. The zero-order valence-corrected chi connectivity index (χ0v) is 12.0. The van der Waals surface area contributed by atoms with Gasteiger partial charge in [0.1, 0.15) is 0 Å². The van der Waals surface area contributed by atoms with Crippen LogP contribution in [0.2, 0.25) is 0 Å². The van der Waals surface area contributed by atoms with Gasteiger partial charge in [-0.05, 0) is 34.7 Å². The maximum atomic E-state index is 4.59. The number of aromatic nitrogens is 1. The molecule has 2 nitrogen and oxygen atoms in total. The van der Waals surface area contributed by atoms with Crippen LogP contribution in [0.5, 0.6) is 0 Å². The van der Waals surface area contributed by atoms with Gasteiger partial charge in [-0.25, -0.2) is 4.98 Å². The summed E-state index contributed by atoms with van der Waals surface area (Å²) in [7, 11) is 1.90. The van der Waals surface area contributed by atoms with Crippen molar-refractivity contribution in [2.75, 3.05) is 12.4 Å². The molecule has 1 aliphatic rings. The van der Waals surface area contributed by atoms with E-state index in [1.54, 1.807) is 11.3 Å². The number of benzene rings is 2. The first-order valence-electron chi connectivity index (χ1n) is 6.70. The van der Waals surface area contributed by atoms with E-state index in [9.17, 15) is 0 Å². The second-order valence-corrected chi connectivity index (χ2v) is 5.85. The fourth-order valence-corrected chi connectivity index (χ4v) is 3.49. The van der Waals surface area contributed by atoms with Crippen molar-refractivity contribution in [1.82, 2.24) is 4.98 Å². The third kappa shape index (κ3) is 1.74. The van der Waals surface area contributed by atoms with Crippen molar-refractivity contribution in [3.8, 4) is 22.4 Å². The quantitative estimate of drug-likeness (QED) is 0.587. The van der Waals surface area contributed by atoms with Crippen LogP contribution in [0, 0.1) is 0 Å². The van der Waals surface area contributed by atoms with Crippen molar-refractivity contribution in [1.29, 1.82) is 0 Å². The summed E-state index contributed by atoms with van der Waals surface area (Å²) in [5.74, 6) is 0. The standard InChI is InChI=1S/C17H14N2S/c1-18-17-19-16(10-20-17)13-7-6-12-8-11-4-2-3-5-14(11)15(12)9-13/h2-7,9-10H,8H2,1H3,(H,18,19). The molecule has 1 heterocycles. The molecule has 0 spiro atoms. The van der Waals surface area contributed by atoms with Gasteiger partial charge in [-0.2, -0.15) is 0 Å². The van der Waals surface area contributed by atoms with Gasteiger partial charge in [0.15, 0.2) is 5.13 Å². The third-order valence-electron chi connectivity index (χ3n) is 3.81. The zero-order chi connectivity index (χ0) is 13.5. The lowest BCUT2D eigenvalue weighted by molar-refractivity contribution is 1.26. The summed E-state index contributed by atoms with van der Waals surface area (Å²) >= 11 is 1.64. The third-order valence-corrected chi connectivity index (χ3v) is 4.67. The Bertz CT molecular complexity index is 789. The van der Waals surface area contributed by atoms with Crippen LogP contribution in [0.15, 0.2) is 47.8 Å². The molecule has 3 heteroatoms. The molecule has 0 saturated carbocycles. The number of nitrogens with zero attached hydrogens (tertiary/aromatic N) is 1. The molecule has 1 aliphatic carbocycles. The van der Waals surface area contributed by atoms with Crippen molar-refractivity contribution in [3.05, 3.63) is 59.0 Å². The molecule has 0 unspecified atom stereocenters. The van der Waals surface area contributed by atoms with Gasteiger partial charge in [-0.15, -0.1) is 11.3 Å². The minimum Gasteiger partial charge on any atom is -0.365 e. The van der Waals surface area contributed by atoms with E-state index >= 15 is 0 Å². The Morgan fingerprint density at radius 3 is 2.75 bits per heavy atom. The number of nitrogens with one attached hydrogen (secondary N) is 1. The van der Waals surface area contributed by atoms with E-state index in [0.717, 1.165) is 17.2 Å². The molecule has 2 aromatic carbocycles. The predicted octanol–water partition coefficient (Wildman–Crippen LogP) is 4.42. The first-order valence-corrected chi connectivity index (χ1v) is 7.58. The van der Waals surface area contributed by atoms with Gasteiger partial charge in [0, 0.05) is 18.0 Å². The van der Waals surface area contributed by atoms with Crippen LogP contribution < -0.4 is 5.32 Å². The lowest BCUT2D eigenvalue weighted by Gasteiger charge is -2.03. The molecule has 98 valence electrons. The van der Waals surface area contributed by atoms with Crippen LogP contribution >= 0.6 is 11.3 Å². The van der Waals surface area contributed by atoms with E-state index in [2.05, 4.69) is 58.1 Å². The Hall–Kier alpha value is -2.13. The SMILES string of the molecule is CNc1nc(-c2ccc3c(c2)-c2ccccc2C3)cs1. The summed E-state index contributed by atoms with van der Waals surface area (Å²) in [6.45, 7) is 0. The fraction of sp³-hybridized carbons (Fsp3) is 0.118. The smallest absolute Gasteiger partial charge is 0.182 e. The topological polar surface area (TPSA) is 24.9 Å². The second-order valence-electron chi connectivity index (χ2n) is 4.99. The summed E-state index contributed by atoms with van der Waals surface area (Å²) in [6, 6.07) is 15.4. The van der Waals surface area contributed by atoms with E-state index in [0.29, 0.717) is 0 Å². The predicted molar refractivity (Wildman–Crippen MR) is 85.3 cm³/mol. The fourth-order valence-electron chi connectivity index (χ4n) is 2.80. The highest BCUT2D eigenvalue weighted by molar-refractivity contribution is 7.14. The van der Waals surface area contributed by atoms with Gasteiger partial charge in [0.25, 0.3) is 0 Å². The first kappa shape index (κ1) is 11.7. The van der Waals surface area contributed by atoms with E-state index in [1.807, 2.05) is 7.05 Å². The van der Waals surface area contributed by atoms with E-state index < -0.39 is 0 Å². The molecule has 0 bridgehead atoms. The molecule has 0 aliphatic heterocycles. The number of thiazole rings is 1. The molecule has 0 amide bonds. The zero-order valence-electron chi connectivity index (χ0n) is 11.2. The number of fused-ring (bicyclic) bond motifs is 3. The van der Waals surface area contributed by atoms with Crippen molar-refractivity contribution in [3.63, 3.8) is 0 Å². The van der Waals surface area contributed by atoms with Gasteiger partial charge in [0.2, 0.25) is 0 Å². The Balaban J connectivity index is 1.83. The number of rotatable bonds is 2. The molecule has 4 rings (SSSR count). The largest absolute Gasteiger partial charge is 0.365 e. The van der Waals surface area contributed by atoms with Gasteiger partial charge in [-0.1, -0.05) is 36.4 Å². The van der Waals surface area contributed by atoms with Gasteiger partial charge in [0.05, 0.1) is 5.69 Å². The van der Waals surface area contributed by atoms with Crippen molar-refractivity contribution >= 4 is 16.5 Å². The molecule has 3 aromatic rings. The molecule has 0 saturated heterocycles. The summed E-state index contributed by atoms with van der Waals surface area (Å²) < 4.78 is 0. The Morgan fingerprint density at radius 2 is 1.90 bits per heavy atom. The minimum atomic E-state index is 0.959. The average Bonchev–Trinajstić information content (AvgIpc) is 3.11. The number of anilines is 1. The maximum absolute atomic E-state index is 4.59. The van der Waals surface area contributed by atoms with Gasteiger partial charge >= 0.3 is 0 Å². The lowest BCUT2D eigenvalue weighted by atomic mass is 10.0. The van der Waals surface area contributed by atoms with E-state index in [4.69, 9.17) is 0 Å². The molecule has 0 radical (unpaired) electrons. The highest BCUT2D eigenvalue weighted by Gasteiger charge is 2.18. The highest BCUT2D eigenvalue weighted by Crippen LogP contribution is 2.38. The van der Waals surface area contributed by atoms with Crippen LogP contribution in [-0.2, 0) is 6.42 Å². The Labute approximate surface area is 122 Å². The summed E-state index contributed by atoms with van der Waals surface area (Å²) in [5, 5.41) is 6.16. The Kier molecular flexibility index (Phi) is 2.60. The number of hydrogen-bond acceptors (Lipinski definition) is 3. The summed E-state index contributed by atoms with van der Waals surface area (Å²) in [4.78, 5) is 4.59. The second kappa shape index (κ2) is 4.46. The number of hydrogen-bond donors (Lipinski definition) is 1. The summed E-state index contributed by atoms with van der Waals surface area (Å²) in [6.07, 6.45) is 1.05. The van der Waals surface area contributed by atoms with Crippen molar-refractivity contribution in [2.45, 2.75) is 6.42 Å². The average molecular weight is 278 g/mol. The molecular formula is C17H14N2S. The highest BCUT2D eigenvalue weighted by atomic mass is 32.1. The van der Waals surface area contributed by atoms with Crippen LogP contribution in [0.1, 0.15) is 11.1 Å². The molecule has 0 atom stereocenters. The lowest BCUT2D eigenvalue weighted by Crippen LogP contribution is -1.87. The van der Waals surface area contributed by atoms with Crippen LogP contribution in [0.3, 0.4) is 0 Å².